The summed E-state index contributed by atoms with van der Waals surface area (Å²) in [6, 6.07) is 2.08. The molecule has 0 radical (unpaired) electrons. The minimum absolute atomic E-state index is 0.0405. The van der Waals surface area contributed by atoms with Gasteiger partial charge in [-0.3, -0.25) is 10.3 Å². The second-order valence-electron chi connectivity index (χ2n) is 11.3. The number of benzene rings is 1. The molecular formula is C28H27F2N7O3S. The minimum Gasteiger partial charge on any atom is -0.444 e. The molecule has 1 aromatic carbocycles. The van der Waals surface area contributed by atoms with E-state index in [-0.39, 0.29) is 62.7 Å². The third kappa shape index (κ3) is 4.61. The molecule has 1 saturated heterocycles. The number of carbonyl (C=O) groups excluding carboxylic acids is 1. The Labute approximate surface area is 238 Å². The number of pyridine rings is 1. The fraction of sp³-hybridized carbons (Fsp3) is 0.393. The fourth-order valence-corrected chi connectivity index (χ4v) is 6.53. The maximum absolute atomic E-state index is 16.6. The number of fused-ring (bicyclic) bond motifs is 4. The first kappa shape index (κ1) is 27.2. The van der Waals surface area contributed by atoms with E-state index in [4.69, 9.17) is 15.2 Å². The number of carbonyl (C=O) groups is 1. The van der Waals surface area contributed by atoms with E-state index in [0.29, 0.717) is 29.0 Å². The number of nitriles is 1. The predicted molar refractivity (Wildman–Crippen MR) is 151 cm³/mol. The number of anilines is 2. The zero-order valence-electron chi connectivity index (χ0n) is 22.8. The fourth-order valence-electron chi connectivity index (χ4n) is 5.49. The van der Waals surface area contributed by atoms with Gasteiger partial charge >= 0.3 is 6.09 Å². The molecule has 2 aliphatic heterocycles. The van der Waals surface area contributed by atoms with Crippen LogP contribution in [0.5, 0.6) is 0 Å². The van der Waals surface area contributed by atoms with E-state index in [9.17, 15) is 10.1 Å². The van der Waals surface area contributed by atoms with Crippen LogP contribution in [0.25, 0.3) is 32.2 Å². The highest BCUT2D eigenvalue weighted by Crippen LogP contribution is 2.46. The summed E-state index contributed by atoms with van der Waals surface area (Å²) in [6.45, 7) is 7.95. The van der Waals surface area contributed by atoms with Crippen LogP contribution in [-0.4, -0.2) is 45.3 Å². The SMILES string of the molecule is C[C@H]1C[C@@H](N)CN1c1ncc2c3c(c(-c4ncc(F)c5sc(NC(=O)OC(C)(C)C)c(C#N)c45)c(F)c2n1)COC3. The number of aromatic nitrogens is 3. The van der Waals surface area contributed by atoms with Gasteiger partial charge in [0.25, 0.3) is 0 Å². The molecule has 1 fully saturated rings. The molecule has 0 spiro atoms. The Kier molecular flexibility index (Phi) is 6.52. The van der Waals surface area contributed by atoms with Crippen LogP contribution in [-0.2, 0) is 22.7 Å². The number of nitrogens with zero attached hydrogens (tertiary/aromatic N) is 5. The predicted octanol–water partition coefficient (Wildman–Crippen LogP) is 5.36. The summed E-state index contributed by atoms with van der Waals surface area (Å²) in [5.41, 5.74) is 6.73. The zero-order chi connectivity index (χ0) is 29.2. The standard InChI is InChI=1S/C28H27F2N7O3S/c1-12-5-13(32)9-37(12)26-34-7-15-16-10-39-11-17(16)19(21(30)22(15)35-26)23-20-14(6-31)25(36-27(38)40-28(2,3)4)41-24(20)18(29)8-33-23/h7-8,12-13H,5,9-11,32H2,1-4H3,(H,36,38)/t12-,13+/m0/s1. The van der Waals surface area contributed by atoms with Gasteiger partial charge in [-0.1, -0.05) is 0 Å². The first-order valence-electron chi connectivity index (χ1n) is 13.1. The van der Waals surface area contributed by atoms with Crippen LogP contribution >= 0.6 is 11.3 Å². The lowest BCUT2D eigenvalue weighted by atomic mass is 9.94. The normalized spacial score (nSPS) is 18.6. The van der Waals surface area contributed by atoms with Gasteiger partial charge in [0.05, 0.1) is 35.4 Å². The van der Waals surface area contributed by atoms with Crippen molar-refractivity contribution < 1.29 is 23.0 Å². The summed E-state index contributed by atoms with van der Waals surface area (Å²) in [7, 11) is 0. The number of amides is 1. The van der Waals surface area contributed by atoms with E-state index < -0.39 is 23.3 Å². The molecule has 0 unspecified atom stereocenters. The lowest BCUT2D eigenvalue weighted by molar-refractivity contribution is 0.0636. The summed E-state index contributed by atoms with van der Waals surface area (Å²) in [5, 5.41) is 13.3. The highest BCUT2D eigenvalue weighted by Gasteiger charge is 2.33. The topological polar surface area (TPSA) is 139 Å². The van der Waals surface area contributed by atoms with Crippen molar-refractivity contribution in [3.8, 4) is 17.3 Å². The Morgan fingerprint density at radius 3 is 2.71 bits per heavy atom. The third-order valence-electron chi connectivity index (χ3n) is 7.18. The molecule has 0 bridgehead atoms. The molecular weight excluding hydrogens is 552 g/mol. The Balaban J connectivity index is 1.56. The molecule has 0 aliphatic carbocycles. The molecule has 3 N–H and O–H groups in total. The van der Waals surface area contributed by atoms with Gasteiger partial charge in [0.2, 0.25) is 5.95 Å². The van der Waals surface area contributed by atoms with Crippen LogP contribution in [0.4, 0.5) is 24.5 Å². The molecule has 41 heavy (non-hydrogen) atoms. The quantitative estimate of drug-likeness (QED) is 0.328. The van der Waals surface area contributed by atoms with Crippen molar-refractivity contribution >= 4 is 49.4 Å². The first-order chi connectivity index (χ1) is 19.5. The average Bonchev–Trinajstić information content (AvgIpc) is 3.61. The van der Waals surface area contributed by atoms with Crippen molar-refractivity contribution in [3.63, 3.8) is 0 Å². The van der Waals surface area contributed by atoms with Gasteiger partial charge in [-0.15, -0.1) is 11.3 Å². The summed E-state index contributed by atoms with van der Waals surface area (Å²) < 4.78 is 42.8. The lowest BCUT2D eigenvalue weighted by Gasteiger charge is -2.22. The Morgan fingerprint density at radius 1 is 1.27 bits per heavy atom. The number of halogens is 2. The van der Waals surface area contributed by atoms with Gasteiger partial charge in [0, 0.05) is 41.2 Å². The maximum Gasteiger partial charge on any atom is 0.412 e. The van der Waals surface area contributed by atoms with Crippen molar-refractivity contribution in [1.82, 2.24) is 15.0 Å². The third-order valence-corrected chi connectivity index (χ3v) is 8.30. The van der Waals surface area contributed by atoms with E-state index in [1.54, 1.807) is 27.0 Å². The van der Waals surface area contributed by atoms with Crippen LogP contribution in [0.2, 0.25) is 0 Å². The molecule has 6 rings (SSSR count). The van der Waals surface area contributed by atoms with Crippen molar-refractivity contribution in [2.75, 3.05) is 16.8 Å². The van der Waals surface area contributed by atoms with Gasteiger partial charge in [-0.25, -0.2) is 23.5 Å². The van der Waals surface area contributed by atoms with Crippen molar-refractivity contribution in [2.24, 2.45) is 5.73 Å². The van der Waals surface area contributed by atoms with Crippen LogP contribution in [0.1, 0.15) is 50.8 Å². The maximum atomic E-state index is 16.6. The molecule has 0 saturated carbocycles. The average molecular weight is 580 g/mol. The molecule has 3 aromatic heterocycles. The van der Waals surface area contributed by atoms with Crippen LogP contribution < -0.4 is 16.0 Å². The number of hydrogen-bond donors (Lipinski definition) is 2. The number of hydrogen-bond acceptors (Lipinski definition) is 10. The summed E-state index contributed by atoms with van der Waals surface area (Å²) in [5.74, 6) is -1.03. The van der Waals surface area contributed by atoms with Gasteiger partial charge in [-0.2, -0.15) is 5.26 Å². The lowest BCUT2D eigenvalue weighted by Crippen LogP contribution is -2.30. The number of nitrogens with one attached hydrogen (secondary N) is 1. The molecule has 5 heterocycles. The van der Waals surface area contributed by atoms with Gasteiger partial charge in [0.1, 0.15) is 22.2 Å². The van der Waals surface area contributed by atoms with Crippen LogP contribution in [0.3, 0.4) is 0 Å². The Bertz CT molecular complexity index is 1780. The van der Waals surface area contributed by atoms with E-state index >= 15 is 8.78 Å². The summed E-state index contributed by atoms with van der Waals surface area (Å²) in [6.07, 6.45) is 2.54. The summed E-state index contributed by atoms with van der Waals surface area (Å²) >= 11 is 0.853. The zero-order valence-corrected chi connectivity index (χ0v) is 23.7. The smallest absolute Gasteiger partial charge is 0.412 e. The molecule has 2 atom stereocenters. The second kappa shape index (κ2) is 9.83. The monoisotopic (exact) mass is 579 g/mol. The van der Waals surface area contributed by atoms with E-state index in [0.717, 1.165) is 24.0 Å². The minimum atomic E-state index is -0.804. The van der Waals surface area contributed by atoms with Crippen molar-refractivity contribution in [1.29, 1.82) is 5.26 Å². The number of rotatable bonds is 3. The first-order valence-corrected chi connectivity index (χ1v) is 13.9. The highest BCUT2D eigenvalue weighted by atomic mass is 32.1. The number of thiophene rings is 1. The van der Waals surface area contributed by atoms with Crippen molar-refractivity contribution in [2.45, 2.75) is 65.0 Å². The van der Waals surface area contributed by atoms with E-state index in [2.05, 4.69) is 20.3 Å². The Morgan fingerprint density at radius 2 is 2.02 bits per heavy atom. The molecule has 10 nitrogen and oxygen atoms in total. The second-order valence-corrected chi connectivity index (χ2v) is 12.3. The number of nitrogens with two attached hydrogens (primary N) is 1. The summed E-state index contributed by atoms with van der Waals surface area (Å²) in [4.78, 5) is 27.9. The molecule has 4 aromatic rings. The highest BCUT2D eigenvalue weighted by molar-refractivity contribution is 7.23. The number of ether oxygens (including phenoxy) is 2. The largest absolute Gasteiger partial charge is 0.444 e. The van der Waals surface area contributed by atoms with E-state index in [1.165, 1.54) is 0 Å². The molecule has 212 valence electrons. The van der Waals surface area contributed by atoms with Gasteiger partial charge in [-0.05, 0) is 45.2 Å². The van der Waals surface area contributed by atoms with E-state index in [1.807, 2.05) is 17.9 Å². The molecule has 1 amide bonds. The van der Waals surface area contributed by atoms with Crippen LogP contribution in [0.15, 0.2) is 12.4 Å². The Hall–Kier alpha value is -3.99. The van der Waals surface area contributed by atoms with Gasteiger partial charge in [0.15, 0.2) is 11.6 Å². The van der Waals surface area contributed by atoms with Crippen LogP contribution in [0, 0.1) is 23.0 Å². The molecule has 2 aliphatic rings. The molecule has 13 heteroatoms. The van der Waals surface area contributed by atoms with Gasteiger partial charge < -0.3 is 20.1 Å². The van der Waals surface area contributed by atoms with Crippen molar-refractivity contribution in [3.05, 3.63) is 40.7 Å².